The first-order chi connectivity index (χ1) is 6.92. The van der Waals surface area contributed by atoms with Gasteiger partial charge in [0.1, 0.15) is 0 Å². The van der Waals surface area contributed by atoms with E-state index in [1.807, 2.05) is 0 Å². The molecule has 0 radical (unpaired) electrons. The Morgan fingerprint density at radius 3 is 2.64 bits per heavy atom. The number of hydrogen-bond acceptors (Lipinski definition) is 3. The second-order valence-electron chi connectivity index (χ2n) is 4.98. The molecule has 3 nitrogen and oxygen atoms in total. The van der Waals surface area contributed by atoms with Crippen molar-refractivity contribution in [1.29, 1.82) is 0 Å². The van der Waals surface area contributed by atoms with E-state index in [1.165, 1.54) is 38.8 Å². The third-order valence-corrected chi connectivity index (χ3v) is 3.96. The Bertz CT molecular complexity index is 195. The summed E-state index contributed by atoms with van der Waals surface area (Å²) in [7, 11) is 0. The Kier molecular flexibility index (Phi) is 2.48. The summed E-state index contributed by atoms with van der Waals surface area (Å²) in [4.78, 5) is 0. The van der Waals surface area contributed by atoms with Crippen LogP contribution in [0.1, 0.15) is 25.7 Å². The zero-order valence-corrected chi connectivity index (χ0v) is 8.67. The largest absolute Gasteiger partial charge is 0.372 e. The van der Waals surface area contributed by atoms with Crippen molar-refractivity contribution < 1.29 is 4.74 Å². The van der Waals surface area contributed by atoms with Gasteiger partial charge < -0.3 is 15.4 Å². The molecule has 0 spiro atoms. The lowest BCUT2D eigenvalue weighted by atomic mass is 9.84. The fourth-order valence-corrected chi connectivity index (χ4v) is 3.01. The molecular formula is C11H20N2O. The van der Waals surface area contributed by atoms with Crippen molar-refractivity contribution in [1.82, 2.24) is 10.6 Å². The minimum atomic E-state index is 0.545. The Labute approximate surface area is 85.6 Å². The van der Waals surface area contributed by atoms with Gasteiger partial charge in [0.05, 0.1) is 12.2 Å². The normalized spacial score (nSPS) is 43.3. The van der Waals surface area contributed by atoms with E-state index >= 15 is 0 Å². The molecule has 0 aromatic rings. The van der Waals surface area contributed by atoms with Crippen LogP contribution in [0, 0.1) is 5.92 Å². The molecule has 0 aliphatic carbocycles. The third kappa shape index (κ3) is 1.69. The lowest BCUT2D eigenvalue weighted by Gasteiger charge is -2.48. The molecule has 80 valence electrons. The molecule has 0 amide bonds. The smallest absolute Gasteiger partial charge is 0.0757 e. The van der Waals surface area contributed by atoms with Gasteiger partial charge in [0.15, 0.2) is 0 Å². The van der Waals surface area contributed by atoms with E-state index in [1.54, 1.807) is 0 Å². The Morgan fingerprint density at radius 1 is 1.21 bits per heavy atom. The van der Waals surface area contributed by atoms with E-state index in [2.05, 4.69) is 10.6 Å². The molecule has 4 fully saturated rings. The van der Waals surface area contributed by atoms with Gasteiger partial charge in [-0.05, 0) is 38.3 Å². The van der Waals surface area contributed by atoms with Gasteiger partial charge in [-0.2, -0.15) is 0 Å². The molecule has 2 N–H and O–H groups in total. The number of hydrogen-bond donors (Lipinski definition) is 2. The summed E-state index contributed by atoms with van der Waals surface area (Å²) in [5, 5.41) is 7.04. The van der Waals surface area contributed by atoms with E-state index in [-0.39, 0.29) is 0 Å². The molecule has 0 aromatic heterocycles. The molecule has 4 aliphatic heterocycles. The van der Waals surface area contributed by atoms with Gasteiger partial charge in [-0.25, -0.2) is 0 Å². The molecular weight excluding hydrogens is 176 g/mol. The molecule has 4 saturated heterocycles. The molecule has 3 unspecified atom stereocenters. The molecule has 4 heterocycles. The molecule has 3 atom stereocenters. The van der Waals surface area contributed by atoms with Crippen LogP contribution in [0.5, 0.6) is 0 Å². The van der Waals surface area contributed by atoms with Crippen LogP contribution in [0.15, 0.2) is 0 Å². The van der Waals surface area contributed by atoms with Gasteiger partial charge >= 0.3 is 0 Å². The van der Waals surface area contributed by atoms with E-state index in [4.69, 9.17) is 4.74 Å². The van der Waals surface area contributed by atoms with Crippen LogP contribution in [-0.4, -0.2) is 37.9 Å². The van der Waals surface area contributed by atoms with Crippen LogP contribution >= 0.6 is 0 Å². The van der Waals surface area contributed by atoms with Gasteiger partial charge in [-0.15, -0.1) is 0 Å². The number of nitrogens with one attached hydrogen (secondary N) is 2. The maximum atomic E-state index is 5.75. The second kappa shape index (κ2) is 3.80. The van der Waals surface area contributed by atoms with Crippen LogP contribution in [0.2, 0.25) is 0 Å². The van der Waals surface area contributed by atoms with E-state index in [9.17, 15) is 0 Å². The molecule has 0 saturated carbocycles. The van der Waals surface area contributed by atoms with Crippen molar-refractivity contribution in [2.75, 3.05) is 19.6 Å². The summed E-state index contributed by atoms with van der Waals surface area (Å²) < 4.78 is 5.75. The molecule has 4 rings (SSSR count). The highest BCUT2D eigenvalue weighted by Crippen LogP contribution is 2.31. The average Bonchev–Trinajstić information content (AvgIpc) is 2.18. The monoisotopic (exact) mass is 196 g/mol. The number of fused-ring (bicyclic) bond motifs is 2. The summed E-state index contributed by atoms with van der Waals surface area (Å²) in [5.74, 6) is 0.925. The first kappa shape index (κ1) is 9.13. The van der Waals surface area contributed by atoms with E-state index < -0.39 is 0 Å². The average molecular weight is 196 g/mol. The third-order valence-electron chi connectivity index (χ3n) is 3.96. The van der Waals surface area contributed by atoms with Crippen LogP contribution in [0.25, 0.3) is 0 Å². The molecule has 14 heavy (non-hydrogen) atoms. The number of piperidine rings is 2. The van der Waals surface area contributed by atoms with Crippen molar-refractivity contribution in [3.05, 3.63) is 0 Å². The summed E-state index contributed by atoms with van der Waals surface area (Å²) in [5.41, 5.74) is 0. The molecule has 3 heteroatoms. The second-order valence-corrected chi connectivity index (χ2v) is 4.98. The van der Waals surface area contributed by atoms with Gasteiger partial charge in [0, 0.05) is 19.0 Å². The van der Waals surface area contributed by atoms with Gasteiger partial charge in [-0.3, -0.25) is 0 Å². The molecule has 2 bridgehead atoms. The maximum Gasteiger partial charge on any atom is 0.0757 e. The van der Waals surface area contributed by atoms with Crippen LogP contribution in [0.4, 0.5) is 0 Å². The number of morpholine rings is 1. The number of rotatable bonds is 2. The van der Waals surface area contributed by atoms with Crippen molar-refractivity contribution in [3.8, 4) is 0 Å². The van der Waals surface area contributed by atoms with Crippen molar-refractivity contribution in [3.63, 3.8) is 0 Å². The predicted molar refractivity (Wildman–Crippen MR) is 55.3 cm³/mol. The highest BCUT2D eigenvalue weighted by molar-refractivity contribution is 4.95. The fourth-order valence-electron chi connectivity index (χ4n) is 3.01. The highest BCUT2D eigenvalue weighted by Gasteiger charge is 2.41. The first-order valence-corrected chi connectivity index (χ1v) is 6.01. The standard InChI is InChI=1S/C11H20N2O/c1-3-12-4-2-8(1)5-10-11-6-9(14-11)7-13-10/h8-13H,1-7H2. The minimum absolute atomic E-state index is 0.545. The Morgan fingerprint density at radius 2 is 2.00 bits per heavy atom. The fraction of sp³-hybridized carbons (Fsp3) is 1.00. The van der Waals surface area contributed by atoms with Crippen molar-refractivity contribution in [2.45, 2.75) is 43.9 Å². The Balaban J connectivity index is 1.50. The van der Waals surface area contributed by atoms with Crippen LogP contribution in [0.3, 0.4) is 0 Å². The van der Waals surface area contributed by atoms with Gasteiger partial charge in [0.2, 0.25) is 0 Å². The van der Waals surface area contributed by atoms with Crippen LogP contribution < -0.4 is 10.6 Å². The summed E-state index contributed by atoms with van der Waals surface area (Å²) in [6.07, 6.45) is 6.44. The maximum absolute atomic E-state index is 5.75. The lowest BCUT2D eigenvalue weighted by Crippen LogP contribution is -2.62. The van der Waals surface area contributed by atoms with Gasteiger partial charge in [-0.1, -0.05) is 0 Å². The highest BCUT2D eigenvalue weighted by atomic mass is 16.5. The first-order valence-electron chi connectivity index (χ1n) is 6.01. The zero-order chi connectivity index (χ0) is 9.38. The minimum Gasteiger partial charge on any atom is -0.372 e. The van der Waals surface area contributed by atoms with Crippen molar-refractivity contribution in [2.24, 2.45) is 5.92 Å². The summed E-state index contributed by atoms with van der Waals surface area (Å²) >= 11 is 0. The topological polar surface area (TPSA) is 33.3 Å². The van der Waals surface area contributed by atoms with E-state index in [0.717, 1.165) is 12.5 Å². The van der Waals surface area contributed by atoms with Crippen molar-refractivity contribution >= 4 is 0 Å². The Hall–Kier alpha value is -0.120. The zero-order valence-electron chi connectivity index (χ0n) is 8.67. The molecule has 4 aliphatic rings. The summed E-state index contributed by atoms with van der Waals surface area (Å²) in [6.45, 7) is 3.52. The van der Waals surface area contributed by atoms with Crippen LogP contribution in [-0.2, 0) is 4.74 Å². The SMILES string of the molecule is C1CC(CC2NCC3CC2O3)CCN1. The molecule has 0 aromatic carbocycles. The summed E-state index contributed by atoms with van der Waals surface area (Å²) in [6, 6.07) is 0.656. The van der Waals surface area contributed by atoms with E-state index in [0.29, 0.717) is 18.2 Å². The lowest BCUT2D eigenvalue weighted by molar-refractivity contribution is -0.168. The predicted octanol–water partition coefficient (Wildman–Crippen LogP) is 0.505. The quantitative estimate of drug-likeness (QED) is 0.675. The van der Waals surface area contributed by atoms with Gasteiger partial charge in [0.25, 0.3) is 0 Å². The number of ether oxygens (including phenoxy) is 1.